The first-order chi connectivity index (χ1) is 15.8. The van der Waals surface area contributed by atoms with E-state index >= 15 is 0 Å². The third-order valence-corrected chi connectivity index (χ3v) is 9.02. The Balaban J connectivity index is 1.33. The van der Waals surface area contributed by atoms with Gasteiger partial charge in [0.25, 0.3) is 5.91 Å². The summed E-state index contributed by atoms with van der Waals surface area (Å²) in [6.07, 6.45) is 0.683. The van der Waals surface area contributed by atoms with Gasteiger partial charge in [0.15, 0.2) is 5.13 Å². The molecule has 0 aliphatic carbocycles. The maximum Gasteiger partial charge on any atom is 0.257 e. The van der Waals surface area contributed by atoms with E-state index in [1.165, 1.54) is 45.5 Å². The fourth-order valence-corrected chi connectivity index (χ4v) is 6.42. The van der Waals surface area contributed by atoms with Gasteiger partial charge in [-0.05, 0) is 66.4 Å². The van der Waals surface area contributed by atoms with E-state index in [0.717, 1.165) is 21.3 Å². The minimum atomic E-state index is -3.65. The average molecular weight is 498 g/mol. The van der Waals surface area contributed by atoms with E-state index in [1.54, 1.807) is 0 Å². The number of nitrogens with zero attached hydrogens (tertiary/aromatic N) is 2. The van der Waals surface area contributed by atoms with Crippen LogP contribution in [-0.2, 0) is 23.0 Å². The molecular formula is C24H20ClN3O3S2. The van der Waals surface area contributed by atoms with Crippen molar-refractivity contribution in [1.82, 2.24) is 9.29 Å². The molecule has 5 rings (SSSR count). The van der Waals surface area contributed by atoms with Crippen LogP contribution < -0.4 is 5.32 Å². The normalized spacial score (nSPS) is 14.2. The lowest BCUT2D eigenvalue weighted by Crippen LogP contribution is -2.35. The second kappa shape index (κ2) is 8.53. The quantitative estimate of drug-likeness (QED) is 0.417. The molecule has 0 saturated heterocycles. The van der Waals surface area contributed by atoms with Crippen LogP contribution in [0.5, 0.6) is 0 Å². The predicted molar refractivity (Wildman–Crippen MR) is 132 cm³/mol. The van der Waals surface area contributed by atoms with Crippen LogP contribution in [0.4, 0.5) is 5.13 Å². The second-order valence-electron chi connectivity index (χ2n) is 7.87. The van der Waals surface area contributed by atoms with Gasteiger partial charge >= 0.3 is 0 Å². The first-order valence-corrected chi connectivity index (χ1v) is 13.0. The zero-order chi connectivity index (χ0) is 23.2. The minimum Gasteiger partial charge on any atom is -0.298 e. The maximum absolute atomic E-state index is 13.1. The van der Waals surface area contributed by atoms with Crippen molar-refractivity contribution < 1.29 is 13.2 Å². The van der Waals surface area contributed by atoms with Gasteiger partial charge in [-0.15, -0.1) is 0 Å². The molecule has 1 aliphatic rings. The lowest BCUT2D eigenvalue weighted by atomic mass is 10.0. The van der Waals surface area contributed by atoms with Gasteiger partial charge in [-0.25, -0.2) is 13.4 Å². The first kappa shape index (κ1) is 22.0. The highest BCUT2D eigenvalue weighted by atomic mass is 35.5. The van der Waals surface area contributed by atoms with E-state index in [9.17, 15) is 13.2 Å². The smallest absolute Gasteiger partial charge is 0.257 e. The molecule has 0 radical (unpaired) electrons. The van der Waals surface area contributed by atoms with Crippen molar-refractivity contribution in [3.05, 3.63) is 87.9 Å². The summed E-state index contributed by atoms with van der Waals surface area (Å²) in [7, 11) is -3.65. The number of hydrogen-bond acceptors (Lipinski definition) is 5. The summed E-state index contributed by atoms with van der Waals surface area (Å²) in [6.45, 7) is 2.67. The molecule has 4 aromatic rings. The molecule has 168 valence electrons. The molecule has 0 bridgehead atoms. The van der Waals surface area contributed by atoms with Crippen LogP contribution in [0.2, 0.25) is 5.02 Å². The number of thiazole rings is 1. The Morgan fingerprint density at radius 2 is 1.79 bits per heavy atom. The van der Waals surface area contributed by atoms with E-state index in [4.69, 9.17) is 11.6 Å². The number of rotatable bonds is 4. The van der Waals surface area contributed by atoms with E-state index in [2.05, 4.69) is 10.3 Å². The number of benzene rings is 3. The van der Waals surface area contributed by atoms with Crippen LogP contribution in [0.1, 0.15) is 27.0 Å². The lowest BCUT2D eigenvalue weighted by Gasteiger charge is -2.28. The molecule has 0 saturated carbocycles. The number of hydrogen-bond donors (Lipinski definition) is 1. The number of fused-ring (bicyclic) bond motifs is 2. The Morgan fingerprint density at radius 3 is 2.55 bits per heavy atom. The van der Waals surface area contributed by atoms with Crippen molar-refractivity contribution >= 4 is 54.2 Å². The van der Waals surface area contributed by atoms with Gasteiger partial charge < -0.3 is 0 Å². The molecule has 3 aromatic carbocycles. The number of aryl methyl sites for hydroxylation is 1. The van der Waals surface area contributed by atoms with Gasteiger partial charge in [-0.2, -0.15) is 4.31 Å². The highest BCUT2D eigenvalue weighted by Gasteiger charge is 2.28. The number of carbonyl (C=O) groups is 1. The van der Waals surface area contributed by atoms with Crippen molar-refractivity contribution in [3.63, 3.8) is 0 Å². The van der Waals surface area contributed by atoms with Gasteiger partial charge in [-0.3, -0.25) is 10.1 Å². The Hall–Kier alpha value is -2.78. The largest absolute Gasteiger partial charge is 0.298 e. The Morgan fingerprint density at radius 1 is 1.06 bits per heavy atom. The lowest BCUT2D eigenvalue weighted by molar-refractivity contribution is 0.102. The second-order valence-corrected chi connectivity index (χ2v) is 11.2. The van der Waals surface area contributed by atoms with Crippen molar-refractivity contribution in [2.24, 2.45) is 0 Å². The van der Waals surface area contributed by atoms with Crippen molar-refractivity contribution in [2.45, 2.75) is 24.8 Å². The molecule has 6 nitrogen and oxygen atoms in total. The third kappa shape index (κ3) is 4.15. The molecule has 1 N–H and O–H groups in total. The number of aromatic nitrogens is 1. The molecular weight excluding hydrogens is 478 g/mol. The van der Waals surface area contributed by atoms with E-state index in [0.29, 0.717) is 35.2 Å². The fourth-order valence-electron chi connectivity index (χ4n) is 3.93. The van der Waals surface area contributed by atoms with Crippen LogP contribution >= 0.6 is 22.9 Å². The molecule has 1 aromatic heterocycles. The van der Waals surface area contributed by atoms with Crippen molar-refractivity contribution in [2.75, 3.05) is 11.9 Å². The zero-order valence-electron chi connectivity index (χ0n) is 17.7. The van der Waals surface area contributed by atoms with Gasteiger partial charge in [0.05, 0.1) is 15.1 Å². The number of sulfonamides is 1. The summed E-state index contributed by atoms with van der Waals surface area (Å²) < 4.78 is 28.7. The molecule has 2 heterocycles. The van der Waals surface area contributed by atoms with E-state index < -0.39 is 10.0 Å². The summed E-state index contributed by atoms with van der Waals surface area (Å²) in [5, 5.41) is 3.88. The number of amides is 1. The summed E-state index contributed by atoms with van der Waals surface area (Å²) in [6, 6.07) is 17.6. The van der Waals surface area contributed by atoms with Crippen molar-refractivity contribution in [1.29, 1.82) is 0 Å². The van der Waals surface area contributed by atoms with Crippen LogP contribution in [-0.4, -0.2) is 30.2 Å². The summed E-state index contributed by atoms with van der Waals surface area (Å²) >= 11 is 7.52. The Kier molecular flexibility index (Phi) is 5.70. The minimum absolute atomic E-state index is 0.170. The molecule has 1 amide bonds. The predicted octanol–water partition coefficient (Wildman–Crippen LogP) is 5.26. The molecule has 0 fully saturated rings. The zero-order valence-corrected chi connectivity index (χ0v) is 20.1. The van der Waals surface area contributed by atoms with Crippen LogP contribution in [0, 0.1) is 6.92 Å². The summed E-state index contributed by atoms with van der Waals surface area (Å²) in [5.74, 6) is -0.353. The van der Waals surface area contributed by atoms with Gasteiger partial charge in [-0.1, -0.05) is 47.2 Å². The average Bonchev–Trinajstić information content (AvgIpc) is 3.24. The molecule has 9 heteroatoms. The van der Waals surface area contributed by atoms with Crippen LogP contribution in [0.3, 0.4) is 0 Å². The topological polar surface area (TPSA) is 79.4 Å². The molecule has 0 unspecified atom stereocenters. The number of nitrogens with one attached hydrogen (secondary N) is 1. The van der Waals surface area contributed by atoms with Crippen LogP contribution in [0.25, 0.3) is 10.2 Å². The molecule has 0 atom stereocenters. The van der Waals surface area contributed by atoms with Gasteiger partial charge in [0.1, 0.15) is 0 Å². The number of anilines is 1. The fraction of sp³-hybridized carbons (Fsp3) is 0.167. The van der Waals surface area contributed by atoms with E-state index in [1.807, 2.05) is 43.3 Å². The molecule has 33 heavy (non-hydrogen) atoms. The maximum atomic E-state index is 13.1. The standard InChI is InChI=1S/C24H20ClN3O3S2/c1-15-20(25)10-11-21-22(15)26-24(32-21)27-23(29)17-6-8-19(9-7-17)33(30,31)28-13-12-16-4-2-3-5-18(16)14-28/h2-11H,12-14H2,1H3,(H,26,27,29). The summed E-state index contributed by atoms with van der Waals surface area (Å²) in [4.78, 5) is 17.4. The highest BCUT2D eigenvalue weighted by molar-refractivity contribution is 7.89. The summed E-state index contributed by atoms with van der Waals surface area (Å²) in [5.41, 5.74) is 4.18. The van der Waals surface area contributed by atoms with Gasteiger partial charge in [0.2, 0.25) is 10.0 Å². The molecule has 1 aliphatic heterocycles. The first-order valence-electron chi connectivity index (χ1n) is 10.4. The Labute approximate surface area is 200 Å². The van der Waals surface area contributed by atoms with Gasteiger partial charge in [0, 0.05) is 23.7 Å². The van der Waals surface area contributed by atoms with E-state index in [-0.39, 0.29) is 10.8 Å². The Bertz CT molecular complexity index is 1480. The van der Waals surface area contributed by atoms with Crippen LogP contribution in [0.15, 0.2) is 65.6 Å². The van der Waals surface area contributed by atoms with Crippen molar-refractivity contribution in [3.8, 4) is 0 Å². The number of carbonyl (C=O) groups excluding carboxylic acids is 1. The molecule has 0 spiro atoms. The highest BCUT2D eigenvalue weighted by Crippen LogP contribution is 2.32. The number of halogens is 1. The third-order valence-electron chi connectivity index (χ3n) is 5.82. The SMILES string of the molecule is Cc1c(Cl)ccc2sc(NC(=O)c3ccc(S(=O)(=O)N4CCc5ccccc5C4)cc3)nc12. The monoisotopic (exact) mass is 497 g/mol.